The molecule has 162 valence electrons. The zero-order valence-corrected chi connectivity index (χ0v) is 17.5. The molecule has 8 nitrogen and oxygen atoms in total. The molecular weight excluding hydrogens is 437 g/mol. The number of hydrogen-bond donors (Lipinski definition) is 1. The first kappa shape index (κ1) is 21.2. The van der Waals surface area contributed by atoms with Crippen LogP contribution in [0.1, 0.15) is 17.1 Å². The molecule has 1 aromatic heterocycles. The van der Waals surface area contributed by atoms with Crippen molar-refractivity contribution in [2.24, 2.45) is 0 Å². The van der Waals surface area contributed by atoms with E-state index in [1.165, 1.54) is 11.0 Å². The number of carbonyl (C=O) groups excluding carboxylic acids is 1. The number of anilines is 1. The lowest BCUT2D eigenvalue weighted by Crippen LogP contribution is -2.30. The third-order valence-corrected chi connectivity index (χ3v) is 4.88. The summed E-state index contributed by atoms with van der Waals surface area (Å²) in [6.45, 7) is 1.75. The molecule has 1 N–H and O–H groups in total. The summed E-state index contributed by atoms with van der Waals surface area (Å²) in [4.78, 5) is 24.6. The first-order valence-corrected chi connectivity index (χ1v) is 9.82. The van der Waals surface area contributed by atoms with Gasteiger partial charge in [-0.3, -0.25) is 19.8 Å². The van der Waals surface area contributed by atoms with Gasteiger partial charge in [-0.05, 0) is 55.0 Å². The largest absolute Gasteiger partial charge is 0.479 e. The van der Waals surface area contributed by atoms with Crippen molar-refractivity contribution in [2.45, 2.75) is 13.5 Å². The number of nitro benzene ring substituents is 1. The minimum absolute atomic E-state index is 0.164. The van der Waals surface area contributed by atoms with Crippen LogP contribution in [0.3, 0.4) is 0 Å². The van der Waals surface area contributed by atoms with Crippen molar-refractivity contribution in [3.8, 4) is 5.75 Å². The second kappa shape index (κ2) is 8.60. The minimum atomic E-state index is -0.660. The summed E-state index contributed by atoms with van der Waals surface area (Å²) in [6.07, 6.45) is 1.50. The van der Waals surface area contributed by atoms with Gasteiger partial charge in [0.2, 0.25) is 0 Å². The maximum Gasteiger partial charge on any atom is 0.311 e. The van der Waals surface area contributed by atoms with Crippen LogP contribution in [0.15, 0.2) is 64.7 Å². The molecule has 3 aromatic rings. The molecule has 0 radical (unpaired) electrons. The van der Waals surface area contributed by atoms with Crippen molar-refractivity contribution in [2.75, 3.05) is 4.90 Å². The Labute approximate surface area is 187 Å². The zero-order valence-electron chi connectivity index (χ0n) is 16.7. The van der Waals surface area contributed by atoms with Gasteiger partial charge in [-0.25, -0.2) is 4.39 Å². The Kier molecular flexibility index (Phi) is 5.69. The van der Waals surface area contributed by atoms with Crippen molar-refractivity contribution in [1.29, 1.82) is 0 Å². The molecule has 2 aromatic carbocycles. The average Bonchev–Trinajstić information content (AvgIpc) is 3.30. The van der Waals surface area contributed by atoms with Gasteiger partial charge in [0.1, 0.15) is 29.6 Å². The minimum Gasteiger partial charge on any atom is -0.479 e. The highest BCUT2D eigenvalue weighted by Gasteiger charge is 2.32. The summed E-state index contributed by atoms with van der Waals surface area (Å²) in [7, 11) is 0. The van der Waals surface area contributed by atoms with E-state index in [1.807, 2.05) is 25.1 Å². The molecule has 0 spiro atoms. The third-order valence-electron chi connectivity index (χ3n) is 4.60. The van der Waals surface area contributed by atoms with Crippen LogP contribution in [0, 0.1) is 22.9 Å². The molecule has 32 heavy (non-hydrogen) atoms. The van der Waals surface area contributed by atoms with E-state index >= 15 is 0 Å². The van der Waals surface area contributed by atoms with Crippen molar-refractivity contribution < 1.29 is 23.3 Å². The normalized spacial score (nSPS) is 14.7. The van der Waals surface area contributed by atoms with E-state index in [4.69, 9.17) is 21.4 Å². The highest BCUT2D eigenvalue weighted by atomic mass is 32.1. The van der Waals surface area contributed by atoms with Gasteiger partial charge in [-0.15, -0.1) is 0 Å². The number of ether oxygens (including phenoxy) is 1. The van der Waals surface area contributed by atoms with Crippen molar-refractivity contribution >= 4 is 40.7 Å². The van der Waals surface area contributed by atoms with Crippen LogP contribution in [0.2, 0.25) is 0 Å². The van der Waals surface area contributed by atoms with E-state index < -0.39 is 10.7 Å². The lowest BCUT2D eigenvalue weighted by atomic mass is 10.2. The Bertz CT molecular complexity index is 1270. The number of carbonyl (C=O) groups is 1. The van der Waals surface area contributed by atoms with Crippen LogP contribution in [0.5, 0.6) is 5.75 Å². The quantitative estimate of drug-likeness (QED) is 0.254. The molecule has 1 aliphatic heterocycles. The molecule has 4 rings (SSSR count). The number of nitrogens with zero attached hydrogens (tertiary/aromatic N) is 2. The summed E-state index contributed by atoms with van der Waals surface area (Å²) < 4.78 is 24.4. The lowest BCUT2D eigenvalue weighted by molar-refractivity contribution is -0.386. The number of furan rings is 1. The van der Waals surface area contributed by atoms with Gasteiger partial charge >= 0.3 is 5.69 Å². The van der Waals surface area contributed by atoms with Crippen LogP contribution in [0.25, 0.3) is 6.08 Å². The maximum absolute atomic E-state index is 13.4. The summed E-state index contributed by atoms with van der Waals surface area (Å²) in [6, 6.07) is 13.5. The van der Waals surface area contributed by atoms with Gasteiger partial charge in [-0.1, -0.05) is 12.1 Å². The third kappa shape index (κ3) is 4.35. The molecule has 0 unspecified atom stereocenters. The molecule has 0 aliphatic carbocycles. The molecule has 1 fully saturated rings. The second-order valence-corrected chi connectivity index (χ2v) is 7.32. The number of amides is 1. The summed E-state index contributed by atoms with van der Waals surface area (Å²) in [5.74, 6) is -0.514. The number of hydrogen-bond acceptors (Lipinski definition) is 6. The smallest absolute Gasteiger partial charge is 0.311 e. The number of benzene rings is 2. The van der Waals surface area contributed by atoms with Crippen LogP contribution in [0.4, 0.5) is 15.8 Å². The molecule has 0 bridgehead atoms. The topological polar surface area (TPSA) is 97.9 Å². The first-order chi connectivity index (χ1) is 15.3. The number of aryl methyl sites for hydroxylation is 1. The SMILES string of the molecule is Cc1cccc(N2C(=O)/C(=C\c3ccc(COc4cc(F)ccc4[N+](=O)[O-])o3)NC2=S)c1. The van der Waals surface area contributed by atoms with E-state index in [9.17, 15) is 19.3 Å². The van der Waals surface area contributed by atoms with Crippen LogP contribution in [-0.4, -0.2) is 15.9 Å². The highest BCUT2D eigenvalue weighted by Crippen LogP contribution is 2.29. The zero-order chi connectivity index (χ0) is 22.8. The van der Waals surface area contributed by atoms with Crippen molar-refractivity contribution in [1.82, 2.24) is 5.32 Å². The van der Waals surface area contributed by atoms with E-state index in [2.05, 4.69) is 5.32 Å². The molecule has 0 saturated carbocycles. The number of halogens is 1. The molecule has 1 aliphatic rings. The van der Waals surface area contributed by atoms with E-state index in [0.717, 1.165) is 23.8 Å². The monoisotopic (exact) mass is 453 g/mol. The lowest BCUT2D eigenvalue weighted by Gasteiger charge is -2.14. The fraction of sp³-hybridized carbons (Fsp3) is 0.0909. The molecule has 0 atom stereocenters. The molecular formula is C22H16FN3O5S. The predicted octanol–water partition coefficient (Wildman–Crippen LogP) is 4.48. The van der Waals surface area contributed by atoms with Gasteiger partial charge in [-0.2, -0.15) is 0 Å². The van der Waals surface area contributed by atoms with Gasteiger partial charge < -0.3 is 14.5 Å². The number of rotatable bonds is 6. The molecule has 1 amide bonds. The Morgan fingerprint density at radius 3 is 2.81 bits per heavy atom. The predicted molar refractivity (Wildman–Crippen MR) is 118 cm³/mol. The fourth-order valence-electron chi connectivity index (χ4n) is 3.13. The maximum atomic E-state index is 13.4. The Morgan fingerprint density at radius 1 is 1.25 bits per heavy atom. The van der Waals surface area contributed by atoms with Crippen molar-refractivity contribution in [3.05, 3.63) is 93.3 Å². The van der Waals surface area contributed by atoms with Gasteiger partial charge in [0.05, 0.1) is 10.6 Å². The van der Waals surface area contributed by atoms with E-state index in [0.29, 0.717) is 17.2 Å². The van der Waals surface area contributed by atoms with Gasteiger partial charge in [0.15, 0.2) is 10.9 Å². The summed E-state index contributed by atoms with van der Waals surface area (Å²) >= 11 is 5.30. The number of nitrogens with one attached hydrogen (secondary N) is 1. The highest BCUT2D eigenvalue weighted by molar-refractivity contribution is 7.80. The standard InChI is InChI=1S/C22H16FN3O5S/c1-13-3-2-4-15(9-13)25-21(27)18(24-22(25)32)11-16-6-7-17(31-16)12-30-20-10-14(23)5-8-19(20)26(28)29/h2-11H,12H2,1H3,(H,24,32)/b18-11+. The van der Waals surface area contributed by atoms with E-state index in [1.54, 1.807) is 18.2 Å². The van der Waals surface area contributed by atoms with Gasteiger partial charge in [0, 0.05) is 18.2 Å². The van der Waals surface area contributed by atoms with Crippen molar-refractivity contribution in [3.63, 3.8) is 0 Å². The number of thiocarbonyl (C=S) groups is 1. The molecule has 2 heterocycles. The summed E-state index contributed by atoms with van der Waals surface area (Å²) in [5, 5.41) is 14.2. The number of nitro groups is 1. The first-order valence-electron chi connectivity index (χ1n) is 9.41. The Hall–Kier alpha value is -4.05. The Morgan fingerprint density at radius 2 is 2.06 bits per heavy atom. The van der Waals surface area contributed by atoms with Crippen LogP contribution >= 0.6 is 12.2 Å². The summed E-state index contributed by atoms with van der Waals surface area (Å²) in [5.41, 5.74) is 1.52. The van der Waals surface area contributed by atoms with Gasteiger partial charge in [0.25, 0.3) is 5.91 Å². The fourth-order valence-corrected chi connectivity index (χ4v) is 3.43. The van der Waals surface area contributed by atoms with Crippen LogP contribution in [-0.2, 0) is 11.4 Å². The van der Waals surface area contributed by atoms with E-state index in [-0.39, 0.29) is 34.8 Å². The Balaban J connectivity index is 1.49. The average molecular weight is 453 g/mol. The van der Waals surface area contributed by atoms with Crippen LogP contribution < -0.4 is 15.0 Å². The molecule has 10 heteroatoms. The molecule has 1 saturated heterocycles. The second-order valence-electron chi connectivity index (χ2n) is 6.93.